The van der Waals surface area contributed by atoms with Gasteiger partial charge in [-0.1, -0.05) is 24.3 Å². The number of halogens is 3. The molecule has 1 aromatic heterocycles. The van der Waals surface area contributed by atoms with Crippen molar-refractivity contribution < 1.29 is 31.9 Å². The van der Waals surface area contributed by atoms with Crippen molar-refractivity contribution in [1.29, 1.82) is 0 Å². The van der Waals surface area contributed by atoms with Crippen LogP contribution in [0.15, 0.2) is 52.9 Å². The fourth-order valence-electron chi connectivity index (χ4n) is 2.99. The third kappa shape index (κ3) is 4.40. The fourth-order valence-corrected chi connectivity index (χ4v) is 2.99. The zero-order chi connectivity index (χ0) is 21.9. The number of amides is 2. The van der Waals surface area contributed by atoms with Crippen LogP contribution in [0.4, 0.5) is 18.9 Å². The molecule has 2 aromatic carbocycles. The van der Waals surface area contributed by atoms with Gasteiger partial charge in [0.2, 0.25) is 5.91 Å². The predicted molar refractivity (Wildman–Crippen MR) is 104 cm³/mol. The lowest BCUT2D eigenvalue weighted by molar-refractivity contribution is -0.137. The molecule has 0 bridgehead atoms. The summed E-state index contributed by atoms with van der Waals surface area (Å²) in [7, 11) is 1.47. The first-order valence-electron chi connectivity index (χ1n) is 9.06. The molecule has 2 amide bonds. The molecule has 0 aliphatic heterocycles. The Balaban J connectivity index is 1.77. The summed E-state index contributed by atoms with van der Waals surface area (Å²) >= 11 is 0. The van der Waals surface area contributed by atoms with Gasteiger partial charge < -0.3 is 19.4 Å². The van der Waals surface area contributed by atoms with Crippen molar-refractivity contribution >= 4 is 28.5 Å². The summed E-state index contributed by atoms with van der Waals surface area (Å²) in [6, 6.07) is 11.3. The van der Waals surface area contributed by atoms with E-state index in [0.29, 0.717) is 16.7 Å². The molecule has 0 aliphatic carbocycles. The van der Waals surface area contributed by atoms with E-state index in [9.17, 15) is 22.8 Å². The Morgan fingerprint density at radius 2 is 1.87 bits per heavy atom. The topological polar surface area (TPSA) is 71.8 Å². The van der Waals surface area contributed by atoms with Crippen molar-refractivity contribution in [2.45, 2.75) is 13.1 Å². The van der Waals surface area contributed by atoms with Crippen LogP contribution in [-0.4, -0.2) is 36.9 Å². The number of ether oxygens (including phenoxy) is 1. The first kappa shape index (κ1) is 21.2. The van der Waals surface area contributed by atoms with Gasteiger partial charge >= 0.3 is 6.18 Å². The fraction of sp³-hybridized carbons (Fsp3) is 0.238. The van der Waals surface area contributed by atoms with Gasteiger partial charge in [-0.2, -0.15) is 13.2 Å². The molecule has 0 unspecified atom stereocenters. The largest absolute Gasteiger partial charge is 0.493 e. The molecule has 6 nitrogen and oxygen atoms in total. The van der Waals surface area contributed by atoms with Crippen LogP contribution in [0, 0.1) is 0 Å². The lowest BCUT2D eigenvalue weighted by atomic mass is 10.1. The van der Waals surface area contributed by atoms with Crippen LogP contribution in [-0.2, 0) is 11.0 Å². The van der Waals surface area contributed by atoms with E-state index >= 15 is 0 Å². The van der Waals surface area contributed by atoms with Crippen LogP contribution in [0.25, 0.3) is 11.0 Å². The molecule has 30 heavy (non-hydrogen) atoms. The summed E-state index contributed by atoms with van der Waals surface area (Å²) in [6.07, 6.45) is -4.61. The highest BCUT2D eigenvalue weighted by Gasteiger charge is 2.33. The van der Waals surface area contributed by atoms with E-state index < -0.39 is 30.1 Å². The van der Waals surface area contributed by atoms with E-state index in [1.807, 2.05) is 0 Å². The lowest BCUT2D eigenvalue weighted by Crippen LogP contribution is -2.38. The van der Waals surface area contributed by atoms with E-state index in [0.717, 1.165) is 12.1 Å². The Morgan fingerprint density at radius 3 is 2.53 bits per heavy atom. The number of anilines is 1. The number of nitrogens with one attached hydrogen (secondary N) is 1. The van der Waals surface area contributed by atoms with Crippen LogP contribution in [0.2, 0.25) is 0 Å². The summed E-state index contributed by atoms with van der Waals surface area (Å²) in [5, 5.41) is 2.88. The number of benzene rings is 2. The van der Waals surface area contributed by atoms with E-state index in [1.165, 1.54) is 30.2 Å². The second kappa shape index (κ2) is 8.48. The summed E-state index contributed by atoms with van der Waals surface area (Å²) < 4.78 is 50.1. The third-order valence-electron chi connectivity index (χ3n) is 4.45. The van der Waals surface area contributed by atoms with Crippen LogP contribution in [0.1, 0.15) is 23.0 Å². The second-order valence-electron chi connectivity index (χ2n) is 6.40. The maximum absolute atomic E-state index is 13.1. The number of carbonyl (C=O) groups excluding carboxylic acids is 2. The van der Waals surface area contributed by atoms with Gasteiger partial charge in [0, 0.05) is 11.9 Å². The number of hydrogen-bond donors (Lipinski definition) is 1. The number of carbonyl (C=O) groups is 2. The van der Waals surface area contributed by atoms with E-state index in [1.54, 1.807) is 25.1 Å². The van der Waals surface area contributed by atoms with Crippen LogP contribution < -0.4 is 10.1 Å². The Bertz CT molecular complexity index is 1080. The number of furan rings is 1. The molecule has 158 valence electrons. The molecular formula is C21H19F3N2O4. The number of rotatable bonds is 6. The average molecular weight is 420 g/mol. The Morgan fingerprint density at radius 1 is 1.13 bits per heavy atom. The monoisotopic (exact) mass is 420 g/mol. The number of alkyl halides is 3. The molecule has 9 heteroatoms. The molecule has 0 saturated heterocycles. The van der Waals surface area contributed by atoms with Crippen LogP contribution in [0.3, 0.4) is 0 Å². The lowest BCUT2D eigenvalue weighted by Gasteiger charge is -2.20. The van der Waals surface area contributed by atoms with Crippen molar-refractivity contribution in [2.75, 3.05) is 25.5 Å². The summed E-state index contributed by atoms with van der Waals surface area (Å²) in [5.41, 5.74) is -0.938. The minimum Gasteiger partial charge on any atom is -0.493 e. The quantitative estimate of drug-likeness (QED) is 0.635. The smallest absolute Gasteiger partial charge is 0.418 e. The maximum atomic E-state index is 13.1. The van der Waals surface area contributed by atoms with Crippen LogP contribution in [0.5, 0.6) is 5.75 Å². The standard InChI is InChI=1S/C21H19F3N2O4/c1-3-26(12-18(27)25-15-9-5-4-8-14(15)21(22,23)24)20(28)17-11-13-7-6-10-16(29-2)19(13)30-17/h4-11H,3,12H2,1-2H3,(H,25,27). The van der Waals surface area contributed by atoms with Gasteiger partial charge in [-0.05, 0) is 31.2 Å². The normalized spacial score (nSPS) is 11.4. The highest BCUT2D eigenvalue weighted by molar-refractivity contribution is 6.00. The molecule has 0 saturated carbocycles. The predicted octanol–water partition coefficient (Wildman–Crippen LogP) is 4.56. The van der Waals surface area contributed by atoms with Crippen molar-refractivity contribution in [2.24, 2.45) is 0 Å². The minimum atomic E-state index is -4.61. The summed E-state index contributed by atoms with van der Waals surface area (Å²) in [5.74, 6) is -0.860. The Kier molecular flexibility index (Phi) is 6.00. The van der Waals surface area contributed by atoms with E-state index in [-0.39, 0.29) is 18.0 Å². The molecule has 3 rings (SSSR count). The minimum absolute atomic E-state index is 0.000147. The molecule has 0 spiro atoms. The van der Waals surface area contributed by atoms with Gasteiger partial charge in [0.1, 0.15) is 6.54 Å². The molecule has 3 aromatic rings. The third-order valence-corrected chi connectivity index (χ3v) is 4.45. The molecule has 0 fully saturated rings. The summed E-state index contributed by atoms with van der Waals surface area (Å²) in [4.78, 5) is 26.3. The molecule has 0 radical (unpaired) electrons. The molecule has 1 N–H and O–H groups in total. The van der Waals surface area contributed by atoms with Crippen LogP contribution >= 0.6 is 0 Å². The maximum Gasteiger partial charge on any atom is 0.418 e. The molecule has 0 atom stereocenters. The number of nitrogens with zero attached hydrogens (tertiary/aromatic N) is 1. The Hall–Kier alpha value is -3.49. The zero-order valence-electron chi connectivity index (χ0n) is 16.2. The summed E-state index contributed by atoms with van der Waals surface area (Å²) in [6.45, 7) is 1.37. The van der Waals surface area contributed by atoms with Gasteiger partial charge in [0.25, 0.3) is 5.91 Å². The van der Waals surface area contributed by atoms with Gasteiger partial charge in [-0.25, -0.2) is 0 Å². The number of fused-ring (bicyclic) bond motifs is 1. The Labute approximate surface area is 170 Å². The SMILES string of the molecule is CCN(CC(=O)Nc1ccccc1C(F)(F)F)C(=O)c1cc2cccc(OC)c2o1. The van der Waals surface area contributed by atoms with Gasteiger partial charge in [-0.15, -0.1) is 0 Å². The number of likely N-dealkylation sites (N-methyl/N-ethyl adjacent to an activating group) is 1. The number of methoxy groups -OCH3 is 1. The first-order chi connectivity index (χ1) is 14.2. The van der Waals surface area contributed by atoms with Crippen molar-refractivity contribution in [3.05, 3.63) is 59.9 Å². The van der Waals surface area contributed by atoms with E-state index in [2.05, 4.69) is 5.32 Å². The van der Waals surface area contributed by atoms with Crippen molar-refractivity contribution in [3.63, 3.8) is 0 Å². The number of para-hydroxylation sites is 2. The van der Waals surface area contributed by atoms with Gasteiger partial charge in [0.15, 0.2) is 17.1 Å². The zero-order valence-corrected chi connectivity index (χ0v) is 16.2. The molecular weight excluding hydrogens is 401 g/mol. The molecule has 1 heterocycles. The van der Waals surface area contributed by atoms with E-state index in [4.69, 9.17) is 9.15 Å². The average Bonchev–Trinajstić information content (AvgIpc) is 3.15. The highest BCUT2D eigenvalue weighted by Crippen LogP contribution is 2.34. The second-order valence-corrected chi connectivity index (χ2v) is 6.40. The first-order valence-corrected chi connectivity index (χ1v) is 9.06. The van der Waals surface area contributed by atoms with Crippen molar-refractivity contribution in [3.8, 4) is 5.75 Å². The highest BCUT2D eigenvalue weighted by atomic mass is 19.4. The van der Waals surface area contributed by atoms with Crippen molar-refractivity contribution in [1.82, 2.24) is 4.90 Å². The molecule has 0 aliphatic rings. The van der Waals surface area contributed by atoms with Gasteiger partial charge in [-0.3, -0.25) is 9.59 Å². The number of hydrogen-bond acceptors (Lipinski definition) is 4. The van der Waals surface area contributed by atoms with Gasteiger partial charge in [0.05, 0.1) is 18.4 Å².